The largest absolute Gasteiger partial charge is 0.469 e. The predicted octanol–water partition coefficient (Wildman–Crippen LogP) is 5.97. The van der Waals surface area contributed by atoms with Crippen molar-refractivity contribution in [1.82, 2.24) is 0 Å². The Bertz CT molecular complexity index is 1310. The second-order valence-corrected chi connectivity index (χ2v) is 11.5. The maximum absolute atomic E-state index is 11.4. The van der Waals surface area contributed by atoms with Gasteiger partial charge in [-0.1, -0.05) is 51.7 Å². The molecule has 190 valence electrons. The fourth-order valence-corrected chi connectivity index (χ4v) is 4.54. The predicted molar refractivity (Wildman–Crippen MR) is 150 cm³/mol. The molecule has 3 aromatic rings. The molecule has 6 nitrogen and oxygen atoms in total. The van der Waals surface area contributed by atoms with E-state index in [1.165, 1.54) is 31.4 Å². The van der Waals surface area contributed by atoms with Crippen molar-refractivity contribution >= 4 is 64.6 Å². The number of nitrogen functional groups attached to an aromatic ring is 1. The summed E-state index contributed by atoms with van der Waals surface area (Å²) in [5.41, 5.74) is 8.07. The minimum absolute atomic E-state index is 0.0176. The molecule has 0 radical (unpaired) electrons. The van der Waals surface area contributed by atoms with Gasteiger partial charge in [0.15, 0.2) is 0 Å². The van der Waals surface area contributed by atoms with Crippen LogP contribution in [0.15, 0.2) is 82.2 Å². The van der Waals surface area contributed by atoms with Crippen LogP contribution in [0.2, 0.25) is 5.02 Å². The number of ether oxygens (including phenoxy) is 1. The van der Waals surface area contributed by atoms with Crippen LogP contribution >= 0.6 is 38.2 Å². The standard InChI is InChI=1S/C12H14BrNO2.C8H7N.C6H4Cl2O2S/c1-16-12(15)9-5-6-14(8-9)11-4-2-3-10(13)7-11;1-2-7-5-3-4-6-8(7)9;7-5-1-3-6(4-2-5)11(8,9)10/h2-4,7,9H,5-6,8H2,1H3;1,3-6H,9H2;1-4H. The van der Waals surface area contributed by atoms with Gasteiger partial charge in [0, 0.05) is 50.2 Å². The molecular weight excluding hydrogens is 587 g/mol. The molecule has 1 aliphatic rings. The van der Waals surface area contributed by atoms with E-state index >= 15 is 0 Å². The van der Waals surface area contributed by atoms with Crippen LogP contribution in [-0.4, -0.2) is 34.6 Å². The van der Waals surface area contributed by atoms with E-state index in [0.29, 0.717) is 10.7 Å². The molecule has 0 aromatic heterocycles. The number of hydrogen-bond donors (Lipinski definition) is 1. The van der Waals surface area contributed by atoms with Gasteiger partial charge in [0.1, 0.15) is 0 Å². The van der Waals surface area contributed by atoms with Gasteiger partial charge < -0.3 is 15.4 Å². The van der Waals surface area contributed by atoms with Crippen LogP contribution in [0.4, 0.5) is 11.4 Å². The van der Waals surface area contributed by atoms with Crippen molar-refractivity contribution in [2.45, 2.75) is 11.3 Å². The van der Waals surface area contributed by atoms with Gasteiger partial charge in [-0.2, -0.15) is 0 Å². The molecule has 1 heterocycles. The normalized spacial score (nSPS) is 14.4. The molecule has 1 aliphatic heterocycles. The number of halogens is 3. The molecule has 4 rings (SSSR count). The summed E-state index contributed by atoms with van der Waals surface area (Å²) in [4.78, 5) is 13.7. The van der Waals surface area contributed by atoms with E-state index in [-0.39, 0.29) is 16.8 Å². The number of methoxy groups -OCH3 is 1. The zero-order chi connectivity index (χ0) is 26.7. The maximum Gasteiger partial charge on any atom is 0.310 e. The molecule has 0 bridgehead atoms. The van der Waals surface area contributed by atoms with Gasteiger partial charge in [0.2, 0.25) is 0 Å². The summed E-state index contributed by atoms with van der Waals surface area (Å²) in [5, 5.41) is 0.481. The lowest BCUT2D eigenvalue weighted by Crippen LogP contribution is -2.23. The molecule has 1 atom stereocenters. The summed E-state index contributed by atoms with van der Waals surface area (Å²) in [6.45, 7) is 1.67. The van der Waals surface area contributed by atoms with E-state index in [4.69, 9.17) is 39.2 Å². The lowest BCUT2D eigenvalue weighted by Gasteiger charge is -2.18. The third-order valence-electron chi connectivity index (χ3n) is 5.11. The lowest BCUT2D eigenvalue weighted by molar-refractivity contribution is -0.144. The van der Waals surface area contributed by atoms with Gasteiger partial charge in [-0.25, -0.2) is 8.42 Å². The molecule has 0 saturated carbocycles. The van der Waals surface area contributed by atoms with Crippen LogP contribution in [-0.2, 0) is 18.6 Å². The van der Waals surface area contributed by atoms with Crippen LogP contribution in [0, 0.1) is 18.3 Å². The van der Waals surface area contributed by atoms with E-state index in [1.807, 2.05) is 30.3 Å². The van der Waals surface area contributed by atoms with E-state index < -0.39 is 9.05 Å². The summed E-state index contributed by atoms with van der Waals surface area (Å²) in [7, 11) is 2.88. The number of carbonyl (C=O) groups excluding carboxylic acids is 1. The third kappa shape index (κ3) is 9.40. The monoisotopic (exact) mass is 610 g/mol. The molecule has 1 saturated heterocycles. The first-order chi connectivity index (χ1) is 17.0. The van der Waals surface area contributed by atoms with Gasteiger partial charge in [0.05, 0.1) is 17.9 Å². The number of hydrogen-bond acceptors (Lipinski definition) is 6. The Morgan fingerprint density at radius 3 is 2.33 bits per heavy atom. The van der Waals surface area contributed by atoms with E-state index in [0.717, 1.165) is 35.2 Å². The smallest absolute Gasteiger partial charge is 0.310 e. The summed E-state index contributed by atoms with van der Waals surface area (Å²) in [5.74, 6) is 2.39. The highest BCUT2D eigenvalue weighted by Crippen LogP contribution is 2.26. The van der Waals surface area contributed by atoms with Crippen LogP contribution in [0.1, 0.15) is 12.0 Å². The Balaban J connectivity index is 0.000000200. The first-order valence-corrected chi connectivity index (χ1v) is 14.1. The molecule has 0 aliphatic carbocycles. The Kier molecular flexibility index (Phi) is 11.6. The Morgan fingerprint density at radius 1 is 1.14 bits per heavy atom. The topological polar surface area (TPSA) is 89.7 Å². The molecule has 1 fully saturated rings. The molecular formula is C26H25BrCl2N2O4S. The van der Waals surface area contributed by atoms with E-state index in [1.54, 1.807) is 6.07 Å². The zero-order valence-corrected chi connectivity index (χ0v) is 23.3. The van der Waals surface area contributed by atoms with Crippen molar-refractivity contribution in [3.05, 3.63) is 87.9 Å². The van der Waals surface area contributed by atoms with E-state index in [2.05, 4.69) is 38.9 Å². The highest BCUT2D eigenvalue weighted by molar-refractivity contribution is 9.10. The number of carbonyl (C=O) groups is 1. The third-order valence-corrected chi connectivity index (χ3v) is 7.22. The minimum Gasteiger partial charge on any atom is -0.469 e. The SMILES string of the molecule is C#Cc1ccccc1N.COC(=O)C1CCN(c2cccc(Br)c2)C1.O=S(=O)(Cl)c1ccc(Cl)cc1. The zero-order valence-electron chi connectivity index (χ0n) is 19.4. The van der Waals surface area contributed by atoms with Gasteiger partial charge in [-0.3, -0.25) is 4.79 Å². The number of anilines is 2. The molecule has 36 heavy (non-hydrogen) atoms. The van der Waals surface area contributed by atoms with Crippen LogP contribution in [0.5, 0.6) is 0 Å². The number of rotatable bonds is 3. The average molecular weight is 612 g/mol. The average Bonchev–Trinajstić information content (AvgIpc) is 3.35. The van der Waals surface area contributed by atoms with Crippen molar-refractivity contribution < 1.29 is 17.9 Å². The molecule has 0 amide bonds. The number of terminal acetylenes is 1. The second kappa shape index (κ2) is 14.1. The van der Waals surface area contributed by atoms with Crippen molar-refractivity contribution in [1.29, 1.82) is 0 Å². The second-order valence-electron chi connectivity index (χ2n) is 7.56. The van der Waals surface area contributed by atoms with Crippen molar-refractivity contribution in [3.8, 4) is 12.3 Å². The molecule has 0 spiro atoms. The van der Waals surface area contributed by atoms with Gasteiger partial charge >= 0.3 is 5.97 Å². The number of benzene rings is 3. The number of nitrogens with zero attached hydrogens (tertiary/aromatic N) is 1. The highest BCUT2D eigenvalue weighted by atomic mass is 79.9. The quantitative estimate of drug-likeness (QED) is 0.170. The van der Waals surface area contributed by atoms with Gasteiger partial charge in [-0.15, -0.1) is 6.42 Å². The number of para-hydroxylation sites is 1. The highest BCUT2D eigenvalue weighted by Gasteiger charge is 2.29. The fourth-order valence-electron chi connectivity index (χ4n) is 3.25. The number of nitrogens with two attached hydrogens (primary N) is 1. The first-order valence-electron chi connectivity index (χ1n) is 10.6. The van der Waals surface area contributed by atoms with Crippen LogP contribution in [0.25, 0.3) is 0 Å². The van der Waals surface area contributed by atoms with Crippen molar-refractivity contribution in [3.63, 3.8) is 0 Å². The lowest BCUT2D eigenvalue weighted by atomic mass is 10.1. The summed E-state index contributed by atoms with van der Waals surface area (Å²) in [6.07, 6.45) is 5.99. The van der Waals surface area contributed by atoms with Gasteiger partial charge in [-0.05, 0) is 61.0 Å². The Hall–Kier alpha value is -2.70. The van der Waals surface area contributed by atoms with Gasteiger partial charge in [0.25, 0.3) is 9.05 Å². The Labute approximate surface area is 229 Å². The fraction of sp³-hybridized carbons (Fsp3) is 0.192. The van der Waals surface area contributed by atoms with Crippen LogP contribution in [0.3, 0.4) is 0 Å². The molecule has 1 unspecified atom stereocenters. The molecule has 3 aromatic carbocycles. The molecule has 10 heteroatoms. The maximum atomic E-state index is 11.4. The Morgan fingerprint density at radius 2 is 1.81 bits per heavy atom. The summed E-state index contributed by atoms with van der Waals surface area (Å²) >= 11 is 8.97. The number of esters is 1. The van der Waals surface area contributed by atoms with Crippen LogP contribution < -0.4 is 10.6 Å². The molecule has 2 N–H and O–H groups in total. The van der Waals surface area contributed by atoms with Crippen molar-refractivity contribution in [2.24, 2.45) is 5.92 Å². The summed E-state index contributed by atoms with van der Waals surface area (Å²) < 4.78 is 27.2. The minimum atomic E-state index is -3.61. The van der Waals surface area contributed by atoms with E-state index in [9.17, 15) is 13.2 Å². The summed E-state index contributed by atoms with van der Waals surface area (Å²) in [6, 6.07) is 21.1. The van der Waals surface area contributed by atoms with Crippen molar-refractivity contribution in [2.75, 3.05) is 30.8 Å². The first kappa shape index (κ1) is 29.5.